The van der Waals surface area contributed by atoms with Crippen molar-refractivity contribution < 1.29 is 29.9 Å². The SMILES string of the molecule is COC(C)(C)[C@@H](O)[C@@H](O)/C=C(\C)[C@H]1CC[C@]2(C)[C@@H]1C[C@@H](O)[C@@H]1[C@]34CC[C@](O)(OC3)C(C)(C)[C@@H]4CC[C@]12C. The van der Waals surface area contributed by atoms with Gasteiger partial charge in [0.15, 0.2) is 5.79 Å². The van der Waals surface area contributed by atoms with E-state index in [4.69, 9.17) is 9.47 Å². The fourth-order valence-electron chi connectivity index (χ4n) is 10.7. The molecule has 2 heterocycles. The smallest absolute Gasteiger partial charge is 0.170 e. The minimum absolute atomic E-state index is 0.0245. The zero-order valence-corrected chi connectivity index (χ0v) is 24.4. The zero-order chi connectivity index (χ0) is 27.4. The highest BCUT2D eigenvalue weighted by molar-refractivity contribution is 5.25. The van der Waals surface area contributed by atoms with Crippen LogP contribution in [-0.4, -0.2) is 63.8 Å². The van der Waals surface area contributed by atoms with Crippen LogP contribution >= 0.6 is 0 Å². The predicted molar refractivity (Wildman–Crippen MR) is 142 cm³/mol. The van der Waals surface area contributed by atoms with Gasteiger partial charge in [0.05, 0.1) is 18.3 Å². The summed E-state index contributed by atoms with van der Waals surface area (Å²) < 4.78 is 11.7. The Bertz CT molecular complexity index is 932. The lowest BCUT2D eigenvalue weighted by atomic mass is 9.33. The molecule has 6 rings (SSSR count). The second-order valence-corrected chi connectivity index (χ2v) is 15.1. The second kappa shape index (κ2) is 8.50. The molecule has 0 unspecified atom stereocenters. The van der Waals surface area contributed by atoms with Crippen molar-refractivity contribution in [1.29, 1.82) is 0 Å². The van der Waals surface area contributed by atoms with Crippen LogP contribution in [-0.2, 0) is 9.47 Å². The number of hydrogen-bond acceptors (Lipinski definition) is 6. The minimum Gasteiger partial charge on any atom is -0.393 e. The lowest BCUT2D eigenvalue weighted by Gasteiger charge is -2.74. The molecule has 0 radical (unpaired) electrons. The molecule has 4 aliphatic carbocycles. The molecule has 0 aromatic rings. The third-order valence-electron chi connectivity index (χ3n) is 13.4. The zero-order valence-electron chi connectivity index (χ0n) is 24.4. The number of allylic oxidation sites excluding steroid dienone is 1. The summed E-state index contributed by atoms with van der Waals surface area (Å²) >= 11 is 0. The first-order valence-corrected chi connectivity index (χ1v) is 14.6. The summed E-state index contributed by atoms with van der Waals surface area (Å²) in [4.78, 5) is 0. The molecule has 6 fully saturated rings. The van der Waals surface area contributed by atoms with Gasteiger partial charge in [0.2, 0.25) is 0 Å². The summed E-state index contributed by atoms with van der Waals surface area (Å²) in [6.07, 6.45) is 6.00. The number of ether oxygens (including phenoxy) is 2. The van der Waals surface area contributed by atoms with E-state index in [1.807, 2.05) is 6.08 Å². The standard InChI is InChI=1S/C31H52O6/c1-18(15-22(33)25(34)27(4,5)36-8)19-9-11-28(6)20(19)16-21(32)24-29(28,7)12-10-23-26(2,3)31(35)14-13-30(23,24)17-37-31/h15,19-25,32-35H,9-14,16-17H2,1-8H3/b18-15+/t19-,20-,21-,22+,23+,24+,25+,28-,29-,30-,31+/m1/s1. The molecule has 6 nitrogen and oxygen atoms in total. The summed E-state index contributed by atoms with van der Waals surface area (Å²) in [6, 6.07) is 0. The average Bonchev–Trinajstić information content (AvgIpc) is 3.17. The largest absolute Gasteiger partial charge is 0.393 e. The van der Waals surface area contributed by atoms with Gasteiger partial charge in [0.25, 0.3) is 0 Å². The topological polar surface area (TPSA) is 99.4 Å². The normalized spacial score (nSPS) is 50.7. The molecule has 37 heavy (non-hydrogen) atoms. The summed E-state index contributed by atoms with van der Waals surface area (Å²) in [5.41, 5.74) is -0.110. The van der Waals surface area contributed by atoms with E-state index in [0.29, 0.717) is 24.9 Å². The molecule has 4 N–H and O–H groups in total. The van der Waals surface area contributed by atoms with Gasteiger partial charge in [0, 0.05) is 24.4 Å². The van der Waals surface area contributed by atoms with E-state index in [1.54, 1.807) is 21.0 Å². The van der Waals surface area contributed by atoms with E-state index in [1.165, 1.54) is 0 Å². The fraction of sp³-hybridized carbons (Fsp3) is 0.935. The molecule has 2 saturated heterocycles. The first-order valence-electron chi connectivity index (χ1n) is 14.6. The van der Waals surface area contributed by atoms with E-state index < -0.39 is 29.7 Å². The van der Waals surface area contributed by atoms with Crippen molar-refractivity contribution >= 4 is 0 Å². The molecule has 0 aromatic heterocycles. The van der Waals surface area contributed by atoms with E-state index >= 15 is 0 Å². The Kier molecular flexibility index (Phi) is 6.44. The maximum Gasteiger partial charge on any atom is 0.170 e. The Morgan fingerprint density at radius 3 is 2.27 bits per heavy atom. The van der Waals surface area contributed by atoms with Crippen LogP contribution in [0.15, 0.2) is 11.6 Å². The van der Waals surface area contributed by atoms with Crippen LogP contribution in [0.1, 0.15) is 93.4 Å². The summed E-state index contributed by atoms with van der Waals surface area (Å²) in [7, 11) is 1.55. The Hall–Kier alpha value is -0.500. The molecule has 0 aromatic carbocycles. The molecule has 11 atom stereocenters. The monoisotopic (exact) mass is 520 g/mol. The number of fused-ring (bicyclic) bond motifs is 5. The van der Waals surface area contributed by atoms with Gasteiger partial charge in [-0.15, -0.1) is 0 Å². The highest BCUT2D eigenvalue weighted by Gasteiger charge is 2.75. The number of methoxy groups -OCH3 is 1. The molecule has 2 aliphatic heterocycles. The minimum atomic E-state index is -1.05. The second-order valence-electron chi connectivity index (χ2n) is 15.1. The van der Waals surface area contributed by atoms with Crippen molar-refractivity contribution in [2.75, 3.05) is 13.7 Å². The van der Waals surface area contributed by atoms with Crippen molar-refractivity contribution in [3.8, 4) is 0 Å². The molecule has 2 bridgehead atoms. The van der Waals surface area contributed by atoms with Crippen LogP contribution in [0.3, 0.4) is 0 Å². The molecule has 212 valence electrons. The first kappa shape index (κ1) is 28.0. The molecule has 1 spiro atoms. The van der Waals surface area contributed by atoms with Gasteiger partial charge in [-0.1, -0.05) is 39.3 Å². The summed E-state index contributed by atoms with van der Waals surface area (Å²) in [5.74, 6) is 0.0472. The van der Waals surface area contributed by atoms with Gasteiger partial charge >= 0.3 is 0 Å². The summed E-state index contributed by atoms with van der Waals surface area (Å²) in [6.45, 7) is 15.5. The van der Waals surface area contributed by atoms with Gasteiger partial charge in [-0.3, -0.25) is 0 Å². The van der Waals surface area contributed by atoms with E-state index in [9.17, 15) is 20.4 Å². The van der Waals surface area contributed by atoms with Gasteiger partial charge in [0.1, 0.15) is 12.2 Å². The highest BCUT2D eigenvalue weighted by Crippen LogP contribution is 2.77. The fourth-order valence-corrected chi connectivity index (χ4v) is 10.7. The molecular formula is C31H52O6. The van der Waals surface area contributed by atoms with Gasteiger partial charge in [-0.05, 0) is 93.8 Å². The predicted octanol–water partition coefficient (Wildman–Crippen LogP) is 4.43. The Balaban J connectivity index is 1.46. The van der Waals surface area contributed by atoms with Crippen LogP contribution < -0.4 is 0 Å². The van der Waals surface area contributed by atoms with Gasteiger partial charge in [-0.2, -0.15) is 0 Å². The maximum atomic E-state index is 12.0. The van der Waals surface area contributed by atoms with E-state index in [-0.39, 0.29) is 33.5 Å². The Morgan fingerprint density at radius 2 is 1.68 bits per heavy atom. The Morgan fingerprint density at radius 1 is 1.03 bits per heavy atom. The van der Waals surface area contributed by atoms with Crippen molar-refractivity contribution in [1.82, 2.24) is 0 Å². The molecule has 4 saturated carbocycles. The molecule has 0 amide bonds. The molecule has 6 aliphatic rings. The van der Waals surface area contributed by atoms with Crippen molar-refractivity contribution in [3.63, 3.8) is 0 Å². The highest BCUT2D eigenvalue weighted by atomic mass is 16.6. The van der Waals surface area contributed by atoms with Crippen LogP contribution in [0.4, 0.5) is 0 Å². The van der Waals surface area contributed by atoms with Crippen LogP contribution in [0, 0.1) is 45.3 Å². The van der Waals surface area contributed by atoms with E-state index in [2.05, 4.69) is 34.6 Å². The number of aliphatic hydroxyl groups is 4. The quantitative estimate of drug-likeness (QED) is 0.400. The number of aliphatic hydroxyl groups excluding tert-OH is 3. The molecule has 6 heteroatoms. The summed E-state index contributed by atoms with van der Waals surface area (Å²) in [5, 5.41) is 44.9. The number of hydrogen-bond donors (Lipinski definition) is 4. The average molecular weight is 521 g/mol. The van der Waals surface area contributed by atoms with Crippen molar-refractivity contribution in [2.45, 2.75) is 123 Å². The van der Waals surface area contributed by atoms with Gasteiger partial charge in [-0.25, -0.2) is 0 Å². The maximum absolute atomic E-state index is 12.0. The molecular weight excluding hydrogens is 468 g/mol. The van der Waals surface area contributed by atoms with Crippen molar-refractivity contribution in [3.05, 3.63) is 11.6 Å². The Labute approximate surface area is 223 Å². The third kappa shape index (κ3) is 3.51. The van der Waals surface area contributed by atoms with Crippen LogP contribution in [0.25, 0.3) is 0 Å². The van der Waals surface area contributed by atoms with Crippen LogP contribution in [0.5, 0.6) is 0 Å². The first-order chi connectivity index (χ1) is 17.0. The third-order valence-corrected chi connectivity index (χ3v) is 13.4. The lowest BCUT2D eigenvalue weighted by Crippen LogP contribution is -2.75. The van der Waals surface area contributed by atoms with E-state index in [0.717, 1.165) is 44.1 Å². The number of rotatable bonds is 5. The van der Waals surface area contributed by atoms with Crippen molar-refractivity contribution in [2.24, 2.45) is 45.3 Å². The lowest BCUT2D eigenvalue weighted by molar-refractivity contribution is -0.404. The van der Waals surface area contributed by atoms with Crippen LogP contribution in [0.2, 0.25) is 0 Å². The van der Waals surface area contributed by atoms with Gasteiger partial charge < -0.3 is 29.9 Å².